The van der Waals surface area contributed by atoms with Gasteiger partial charge in [0.2, 0.25) is 0 Å². The standard InChI is InChI=1S/C13H14Cl2N2OS/c1-8(6-18-2)16-13-17-12(7-19-13)10-4-3-9(14)5-11(10)15/h3-5,7-8H,6H2,1-2H3,(H,16,17)/t8-/m1/s1. The summed E-state index contributed by atoms with van der Waals surface area (Å²) in [4.78, 5) is 4.52. The normalized spacial score (nSPS) is 12.4. The second kappa shape index (κ2) is 6.57. The molecule has 2 aromatic rings. The highest BCUT2D eigenvalue weighted by Crippen LogP contribution is 2.32. The van der Waals surface area contributed by atoms with Gasteiger partial charge in [0.25, 0.3) is 0 Å². The Morgan fingerprint density at radius 2 is 2.21 bits per heavy atom. The van der Waals surface area contributed by atoms with Crippen LogP contribution in [-0.4, -0.2) is 24.7 Å². The molecule has 0 fully saturated rings. The van der Waals surface area contributed by atoms with Crippen molar-refractivity contribution in [2.24, 2.45) is 0 Å². The summed E-state index contributed by atoms with van der Waals surface area (Å²) in [7, 11) is 1.68. The van der Waals surface area contributed by atoms with E-state index in [0.29, 0.717) is 16.7 Å². The van der Waals surface area contributed by atoms with Crippen LogP contribution >= 0.6 is 34.5 Å². The molecule has 0 bridgehead atoms. The van der Waals surface area contributed by atoms with Gasteiger partial charge in [0, 0.05) is 29.1 Å². The molecule has 1 N–H and O–H groups in total. The third kappa shape index (κ3) is 3.83. The van der Waals surface area contributed by atoms with Crippen LogP contribution in [0, 0.1) is 0 Å². The fraction of sp³-hybridized carbons (Fsp3) is 0.308. The van der Waals surface area contributed by atoms with E-state index in [2.05, 4.69) is 10.3 Å². The Morgan fingerprint density at radius 1 is 1.42 bits per heavy atom. The van der Waals surface area contributed by atoms with Crippen LogP contribution in [0.3, 0.4) is 0 Å². The van der Waals surface area contributed by atoms with Gasteiger partial charge in [0.1, 0.15) is 0 Å². The molecule has 6 heteroatoms. The van der Waals surface area contributed by atoms with Crippen LogP contribution in [0.5, 0.6) is 0 Å². The summed E-state index contributed by atoms with van der Waals surface area (Å²) in [5.74, 6) is 0. The van der Waals surface area contributed by atoms with Gasteiger partial charge in [-0.1, -0.05) is 23.2 Å². The third-order valence-corrected chi connectivity index (χ3v) is 3.82. The largest absolute Gasteiger partial charge is 0.383 e. The van der Waals surface area contributed by atoms with Crippen LogP contribution < -0.4 is 5.32 Å². The summed E-state index contributed by atoms with van der Waals surface area (Å²) in [6.45, 7) is 2.68. The number of hydrogen-bond acceptors (Lipinski definition) is 4. The molecule has 0 aliphatic heterocycles. The van der Waals surface area contributed by atoms with Crippen LogP contribution in [0.2, 0.25) is 10.0 Å². The van der Waals surface area contributed by atoms with Gasteiger partial charge < -0.3 is 10.1 Å². The van der Waals surface area contributed by atoms with Crippen molar-refractivity contribution in [2.45, 2.75) is 13.0 Å². The molecule has 3 nitrogen and oxygen atoms in total. The summed E-state index contributed by atoms with van der Waals surface area (Å²) in [6.07, 6.45) is 0. The molecule has 1 atom stereocenters. The zero-order valence-electron chi connectivity index (χ0n) is 10.6. The molecule has 0 aliphatic carbocycles. The number of anilines is 1. The molecule has 1 aromatic heterocycles. The summed E-state index contributed by atoms with van der Waals surface area (Å²) < 4.78 is 5.08. The minimum Gasteiger partial charge on any atom is -0.383 e. The zero-order valence-corrected chi connectivity index (χ0v) is 12.9. The number of thiazole rings is 1. The molecule has 0 amide bonds. The lowest BCUT2D eigenvalue weighted by Gasteiger charge is -2.10. The number of nitrogens with zero attached hydrogens (tertiary/aromatic N) is 1. The van der Waals surface area contributed by atoms with Gasteiger partial charge in [-0.15, -0.1) is 11.3 Å². The van der Waals surface area contributed by atoms with Crippen molar-refractivity contribution in [3.05, 3.63) is 33.6 Å². The highest BCUT2D eigenvalue weighted by atomic mass is 35.5. The number of hydrogen-bond donors (Lipinski definition) is 1. The lowest BCUT2D eigenvalue weighted by Crippen LogP contribution is -2.20. The molecular weight excluding hydrogens is 303 g/mol. The van der Waals surface area contributed by atoms with E-state index in [0.717, 1.165) is 16.4 Å². The Morgan fingerprint density at radius 3 is 2.89 bits per heavy atom. The van der Waals surface area contributed by atoms with Crippen molar-refractivity contribution >= 4 is 39.7 Å². The van der Waals surface area contributed by atoms with Gasteiger partial charge in [0.05, 0.1) is 17.3 Å². The third-order valence-electron chi connectivity index (χ3n) is 2.50. The fourth-order valence-electron chi connectivity index (χ4n) is 1.66. The molecule has 1 aromatic carbocycles. The van der Waals surface area contributed by atoms with Crippen molar-refractivity contribution < 1.29 is 4.74 Å². The van der Waals surface area contributed by atoms with Gasteiger partial charge >= 0.3 is 0 Å². The molecule has 0 saturated carbocycles. The maximum Gasteiger partial charge on any atom is 0.183 e. The summed E-state index contributed by atoms with van der Waals surface area (Å²) >= 11 is 13.6. The first-order chi connectivity index (χ1) is 9.10. The average Bonchev–Trinajstić information content (AvgIpc) is 2.77. The number of methoxy groups -OCH3 is 1. The van der Waals surface area contributed by atoms with E-state index in [1.165, 1.54) is 0 Å². The van der Waals surface area contributed by atoms with E-state index in [-0.39, 0.29) is 6.04 Å². The second-order valence-corrected chi connectivity index (χ2v) is 5.86. The number of halogens is 2. The Balaban J connectivity index is 2.16. The maximum absolute atomic E-state index is 6.17. The highest BCUT2D eigenvalue weighted by Gasteiger charge is 2.10. The predicted molar refractivity (Wildman–Crippen MR) is 82.5 cm³/mol. The Bertz CT molecular complexity index is 559. The van der Waals surface area contributed by atoms with Gasteiger partial charge in [-0.2, -0.15) is 0 Å². The smallest absolute Gasteiger partial charge is 0.183 e. The number of nitrogens with one attached hydrogen (secondary N) is 1. The first-order valence-electron chi connectivity index (χ1n) is 5.76. The van der Waals surface area contributed by atoms with E-state index in [9.17, 15) is 0 Å². The van der Waals surface area contributed by atoms with Crippen molar-refractivity contribution in [3.63, 3.8) is 0 Å². The Hall–Kier alpha value is -0.810. The van der Waals surface area contributed by atoms with E-state index in [4.69, 9.17) is 27.9 Å². The molecule has 19 heavy (non-hydrogen) atoms. The van der Waals surface area contributed by atoms with Crippen molar-refractivity contribution in [2.75, 3.05) is 19.0 Å². The quantitative estimate of drug-likeness (QED) is 0.877. The predicted octanol–water partition coefficient (Wildman–Crippen LogP) is 4.56. The molecule has 0 aliphatic rings. The van der Waals surface area contributed by atoms with Crippen molar-refractivity contribution in [3.8, 4) is 11.3 Å². The van der Waals surface area contributed by atoms with Crippen molar-refractivity contribution in [1.29, 1.82) is 0 Å². The van der Waals surface area contributed by atoms with Crippen LogP contribution in [0.4, 0.5) is 5.13 Å². The Kier molecular flexibility index (Phi) is 5.05. The number of rotatable bonds is 5. The maximum atomic E-state index is 6.17. The van der Waals surface area contributed by atoms with E-state index in [1.54, 1.807) is 24.5 Å². The second-order valence-electron chi connectivity index (χ2n) is 4.16. The molecule has 0 saturated heterocycles. The van der Waals surface area contributed by atoms with Crippen molar-refractivity contribution in [1.82, 2.24) is 4.98 Å². The minimum atomic E-state index is 0.213. The summed E-state index contributed by atoms with van der Waals surface area (Å²) in [6, 6.07) is 5.62. The molecule has 0 unspecified atom stereocenters. The van der Waals surface area contributed by atoms with Crippen LogP contribution in [0.25, 0.3) is 11.3 Å². The lowest BCUT2D eigenvalue weighted by molar-refractivity contribution is 0.190. The number of benzene rings is 1. The fourth-order valence-corrected chi connectivity index (χ4v) is 2.99. The van der Waals surface area contributed by atoms with Crippen LogP contribution in [0.15, 0.2) is 23.6 Å². The highest BCUT2D eigenvalue weighted by molar-refractivity contribution is 7.14. The zero-order chi connectivity index (χ0) is 13.8. The van der Waals surface area contributed by atoms with E-state index >= 15 is 0 Å². The minimum absolute atomic E-state index is 0.213. The lowest BCUT2D eigenvalue weighted by atomic mass is 10.2. The molecule has 102 valence electrons. The van der Waals surface area contributed by atoms with Gasteiger partial charge in [0.15, 0.2) is 5.13 Å². The molecule has 1 heterocycles. The van der Waals surface area contributed by atoms with Crippen LogP contribution in [-0.2, 0) is 4.74 Å². The topological polar surface area (TPSA) is 34.1 Å². The molecule has 0 radical (unpaired) electrons. The van der Waals surface area contributed by atoms with E-state index < -0.39 is 0 Å². The first kappa shape index (κ1) is 14.6. The molecule has 2 rings (SSSR count). The summed E-state index contributed by atoms with van der Waals surface area (Å²) in [5, 5.41) is 7.33. The van der Waals surface area contributed by atoms with Gasteiger partial charge in [-0.05, 0) is 25.1 Å². The SMILES string of the molecule is COC[C@@H](C)Nc1nc(-c2ccc(Cl)cc2Cl)cs1. The molecule has 0 spiro atoms. The average molecular weight is 317 g/mol. The van der Waals surface area contributed by atoms with Crippen LogP contribution in [0.1, 0.15) is 6.92 Å². The monoisotopic (exact) mass is 316 g/mol. The Labute approximate surface area is 126 Å². The first-order valence-corrected chi connectivity index (χ1v) is 7.40. The number of aromatic nitrogens is 1. The number of ether oxygens (including phenoxy) is 1. The van der Waals surface area contributed by atoms with Gasteiger partial charge in [-0.3, -0.25) is 0 Å². The van der Waals surface area contributed by atoms with Gasteiger partial charge in [-0.25, -0.2) is 4.98 Å². The molecular formula is C13H14Cl2N2OS. The summed E-state index contributed by atoms with van der Waals surface area (Å²) in [5.41, 5.74) is 1.73. The van der Waals surface area contributed by atoms with E-state index in [1.807, 2.05) is 24.4 Å².